The largest absolute Gasteiger partial charge is 0.490 e. The second-order valence-electron chi connectivity index (χ2n) is 8.92. The molecule has 188 valence electrons. The summed E-state index contributed by atoms with van der Waals surface area (Å²) in [7, 11) is 1.95. The van der Waals surface area contributed by atoms with Crippen molar-refractivity contribution in [3.63, 3.8) is 0 Å². The number of hydrogen-bond donors (Lipinski definition) is 2. The Morgan fingerprint density at radius 3 is 2.51 bits per heavy atom. The summed E-state index contributed by atoms with van der Waals surface area (Å²) in [5.74, 6) is -2.79. The Bertz CT molecular complexity index is 1080. The molecule has 1 fully saturated rings. The van der Waals surface area contributed by atoms with E-state index in [0.717, 1.165) is 38.9 Å². The van der Waals surface area contributed by atoms with Crippen LogP contribution in [-0.4, -0.2) is 57.5 Å². The number of fused-ring (bicyclic) bond motifs is 2. The molecule has 35 heavy (non-hydrogen) atoms. The molecule has 2 aromatic rings. The zero-order chi connectivity index (χ0) is 25.6. The number of nitriles is 1. The number of likely N-dealkylation sites (tertiary alicyclic amines) is 1. The average Bonchev–Trinajstić information content (AvgIpc) is 3.37. The maximum Gasteiger partial charge on any atom is 0.490 e. The Labute approximate surface area is 201 Å². The van der Waals surface area contributed by atoms with Crippen molar-refractivity contribution in [3.05, 3.63) is 53.3 Å². The van der Waals surface area contributed by atoms with Crippen LogP contribution in [0.25, 0.3) is 0 Å². The molecule has 1 aromatic carbocycles. The van der Waals surface area contributed by atoms with Crippen LogP contribution in [0.1, 0.15) is 48.3 Å². The van der Waals surface area contributed by atoms with Gasteiger partial charge in [0, 0.05) is 31.9 Å². The van der Waals surface area contributed by atoms with Crippen molar-refractivity contribution >= 4 is 11.9 Å². The zero-order valence-corrected chi connectivity index (χ0v) is 19.4. The number of rotatable bonds is 5. The first-order valence-corrected chi connectivity index (χ1v) is 11.3. The number of carboxylic acids is 1. The number of carboxylic acid groups (broad SMARTS) is 1. The molecule has 1 aliphatic carbocycles. The van der Waals surface area contributed by atoms with Crippen LogP contribution >= 0.6 is 0 Å². The lowest BCUT2D eigenvalue weighted by Crippen LogP contribution is -2.41. The van der Waals surface area contributed by atoms with Crippen LogP contribution < -0.4 is 5.32 Å². The van der Waals surface area contributed by atoms with Gasteiger partial charge >= 0.3 is 12.1 Å². The van der Waals surface area contributed by atoms with Gasteiger partial charge in [0.2, 0.25) is 5.91 Å². The average molecular weight is 492 g/mol. The minimum absolute atomic E-state index is 0.0670. The summed E-state index contributed by atoms with van der Waals surface area (Å²) in [6.45, 7) is 3.43. The fraction of sp³-hybridized carbons (Fsp3) is 0.500. The van der Waals surface area contributed by atoms with Gasteiger partial charge in [-0.15, -0.1) is 0 Å². The molecule has 2 aliphatic rings. The standard InChI is InChI=1S/C22H27N5O.C2HF3O2/c1-26-15-17(14-25-26)16-27-11-7-22(8-12-27)13-19(21(28)24-10-4-9-23)18-5-2-3-6-20(18)22;3-2(4,5)1(6)7/h2-3,5-6,14-15,19H,4,7-8,10-13,16H2,1H3,(H,24,28);(H,6,7). The monoisotopic (exact) mass is 491 g/mol. The van der Waals surface area contributed by atoms with E-state index in [9.17, 15) is 18.0 Å². The zero-order valence-electron chi connectivity index (χ0n) is 19.4. The molecule has 0 saturated carbocycles. The first kappa shape index (κ1) is 26.2. The predicted molar refractivity (Wildman–Crippen MR) is 120 cm³/mol. The third kappa shape index (κ3) is 6.39. The van der Waals surface area contributed by atoms with Gasteiger partial charge in [0.1, 0.15) is 0 Å². The second kappa shape index (κ2) is 10.9. The van der Waals surface area contributed by atoms with Crippen molar-refractivity contribution in [3.8, 4) is 6.07 Å². The van der Waals surface area contributed by atoms with Crippen molar-refractivity contribution in [2.45, 2.75) is 49.7 Å². The van der Waals surface area contributed by atoms with Crippen LogP contribution in [0, 0.1) is 11.3 Å². The molecule has 1 unspecified atom stereocenters. The highest BCUT2D eigenvalue weighted by atomic mass is 19.4. The second-order valence-corrected chi connectivity index (χ2v) is 8.92. The number of halogens is 3. The fourth-order valence-electron chi connectivity index (χ4n) is 4.92. The van der Waals surface area contributed by atoms with Crippen molar-refractivity contribution in [2.24, 2.45) is 7.05 Å². The molecule has 0 bridgehead atoms. The van der Waals surface area contributed by atoms with Gasteiger partial charge in [-0.2, -0.15) is 23.5 Å². The molecule has 1 spiro atoms. The molecule has 1 atom stereocenters. The Hall–Kier alpha value is -3.39. The molecule has 4 rings (SSSR count). The lowest BCUT2D eigenvalue weighted by molar-refractivity contribution is -0.192. The lowest BCUT2D eigenvalue weighted by Gasteiger charge is -2.40. The first-order valence-electron chi connectivity index (χ1n) is 11.3. The number of nitrogens with zero attached hydrogens (tertiary/aromatic N) is 4. The molecule has 11 heteroatoms. The topological polar surface area (TPSA) is 111 Å². The molecule has 1 amide bonds. The number of benzene rings is 1. The number of aryl methyl sites for hydroxylation is 1. The van der Waals surface area contributed by atoms with Crippen molar-refractivity contribution in [2.75, 3.05) is 19.6 Å². The molecule has 2 heterocycles. The molecule has 1 aromatic heterocycles. The predicted octanol–water partition coefficient (Wildman–Crippen LogP) is 3.10. The number of alkyl halides is 3. The van der Waals surface area contributed by atoms with E-state index in [0.29, 0.717) is 13.0 Å². The van der Waals surface area contributed by atoms with Crippen LogP contribution in [0.4, 0.5) is 13.2 Å². The van der Waals surface area contributed by atoms with Crippen LogP contribution in [0.5, 0.6) is 0 Å². The minimum Gasteiger partial charge on any atom is -0.475 e. The lowest BCUT2D eigenvalue weighted by atomic mass is 9.73. The van der Waals surface area contributed by atoms with E-state index < -0.39 is 12.1 Å². The molecule has 2 N–H and O–H groups in total. The smallest absolute Gasteiger partial charge is 0.475 e. The Morgan fingerprint density at radius 2 is 1.94 bits per heavy atom. The quantitative estimate of drug-likeness (QED) is 0.622. The Balaban J connectivity index is 0.000000429. The number of carbonyl (C=O) groups excluding carboxylic acids is 1. The van der Waals surface area contributed by atoms with E-state index in [1.807, 2.05) is 24.0 Å². The minimum atomic E-state index is -5.08. The van der Waals surface area contributed by atoms with E-state index >= 15 is 0 Å². The van der Waals surface area contributed by atoms with Gasteiger partial charge in [0.15, 0.2) is 0 Å². The van der Waals surface area contributed by atoms with Gasteiger partial charge in [-0.3, -0.25) is 14.4 Å². The van der Waals surface area contributed by atoms with Gasteiger partial charge in [-0.25, -0.2) is 4.79 Å². The molecule has 8 nitrogen and oxygen atoms in total. The van der Waals surface area contributed by atoms with E-state index in [2.05, 4.69) is 45.8 Å². The maximum absolute atomic E-state index is 12.8. The van der Waals surface area contributed by atoms with E-state index in [1.54, 1.807) is 0 Å². The number of carbonyl (C=O) groups is 2. The van der Waals surface area contributed by atoms with Gasteiger partial charge in [0.25, 0.3) is 0 Å². The maximum atomic E-state index is 12.8. The SMILES string of the molecule is Cn1cc(CN2CCC3(CC2)CC(C(=O)NCCC#N)c2ccccc23)cn1.O=C(O)C(F)(F)F. The van der Waals surface area contributed by atoms with Gasteiger partial charge in [0.05, 0.1) is 24.6 Å². The molecular formula is C24H28F3N5O3. The highest BCUT2D eigenvalue weighted by Crippen LogP contribution is 2.51. The highest BCUT2D eigenvalue weighted by molar-refractivity contribution is 5.85. The fourth-order valence-corrected chi connectivity index (χ4v) is 4.92. The Kier molecular flexibility index (Phi) is 8.17. The van der Waals surface area contributed by atoms with Crippen molar-refractivity contribution in [1.82, 2.24) is 20.0 Å². The molecular weight excluding hydrogens is 463 g/mol. The van der Waals surface area contributed by atoms with Gasteiger partial charge < -0.3 is 10.4 Å². The number of piperidine rings is 1. The highest BCUT2D eigenvalue weighted by Gasteiger charge is 2.47. The third-order valence-corrected chi connectivity index (χ3v) is 6.58. The number of aliphatic carboxylic acids is 1. The van der Waals surface area contributed by atoms with Crippen molar-refractivity contribution < 1.29 is 27.9 Å². The number of hydrogen-bond acceptors (Lipinski definition) is 5. The number of aromatic nitrogens is 2. The van der Waals surface area contributed by atoms with Crippen LogP contribution in [0.2, 0.25) is 0 Å². The summed E-state index contributed by atoms with van der Waals surface area (Å²) >= 11 is 0. The van der Waals surface area contributed by atoms with E-state index in [4.69, 9.17) is 15.2 Å². The summed E-state index contributed by atoms with van der Waals surface area (Å²) in [5.41, 5.74) is 3.88. The normalized spacial score (nSPS) is 18.8. The van der Waals surface area contributed by atoms with Crippen molar-refractivity contribution in [1.29, 1.82) is 5.26 Å². The van der Waals surface area contributed by atoms with E-state index in [1.165, 1.54) is 16.7 Å². The van der Waals surface area contributed by atoms with Crippen LogP contribution in [-0.2, 0) is 28.6 Å². The summed E-state index contributed by atoms with van der Waals surface area (Å²) < 4.78 is 33.6. The molecule has 0 radical (unpaired) electrons. The summed E-state index contributed by atoms with van der Waals surface area (Å²) in [4.78, 5) is 24.2. The van der Waals surface area contributed by atoms with Crippen LogP contribution in [0.15, 0.2) is 36.7 Å². The van der Waals surface area contributed by atoms with E-state index in [-0.39, 0.29) is 17.2 Å². The first-order chi connectivity index (χ1) is 16.6. The Morgan fingerprint density at radius 1 is 1.29 bits per heavy atom. The van der Waals surface area contributed by atoms with Gasteiger partial charge in [-0.1, -0.05) is 24.3 Å². The third-order valence-electron chi connectivity index (χ3n) is 6.58. The van der Waals surface area contributed by atoms with Crippen LogP contribution in [0.3, 0.4) is 0 Å². The molecule has 1 saturated heterocycles. The summed E-state index contributed by atoms with van der Waals surface area (Å²) in [5, 5.41) is 23.1. The summed E-state index contributed by atoms with van der Waals surface area (Å²) in [6.07, 6.45) is 2.33. The number of nitrogens with one attached hydrogen (secondary N) is 1. The van der Waals surface area contributed by atoms with Gasteiger partial charge in [-0.05, 0) is 48.9 Å². The molecule has 1 aliphatic heterocycles. The number of amides is 1. The summed E-state index contributed by atoms with van der Waals surface area (Å²) in [6, 6.07) is 10.5.